The summed E-state index contributed by atoms with van der Waals surface area (Å²) in [5.74, 6) is 1.30. The number of rotatable bonds is 5. The number of nitrogens with zero attached hydrogens (tertiary/aromatic N) is 1. The quantitative estimate of drug-likeness (QED) is 0.573. The monoisotopic (exact) mass is 321 g/mol. The summed E-state index contributed by atoms with van der Waals surface area (Å²) in [6, 6.07) is 5.05. The van der Waals surface area contributed by atoms with Crippen molar-refractivity contribution in [2.45, 2.75) is 13.8 Å². The third-order valence-electron chi connectivity index (χ3n) is 2.15. The second kappa shape index (κ2) is 7.63. The topological polar surface area (TPSA) is 30.8 Å². The molecule has 0 atom stereocenters. The Morgan fingerprint density at radius 1 is 1.32 bits per heavy atom. The predicted octanol–water partition coefficient (Wildman–Crippen LogP) is 4.85. The van der Waals surface area contributed by atoms with Crippen molar-refractivity contribution in [3.8, 4) is 11.5 Å². The van der Waals surface area contributed by atoms with Gasteiger partial charge in [0.2, 0.25) is 0 Å². The van der Waals surface area contributed by atoms with Gasteiger partial charge in [0.25, 0.3) is 0 Å². The highest BCUT2D eigenvalue weighted by atomic mass is 35.5. The first-order valence-corrected chi connectivity index (χ1v) is 6.71. The molecule has 0 aliphatic rings. The van der Waals surface area contributed by atoms with E-state index in [1.165, 1.54) is 0 Å². The largest absolute Gasteiger partial charge is 0.497 e. The smallest absolute Gasteiger partial charge is 0.178 e. The lowest BCUT2D eigenvalue weighted by Gasteiger charge is -2.12. The molecule has 1 aromatic carbocycles. The van der Waals surface area contributed by atoms with Gasteiger partial charge >= 0.3 is 0 Å². The van der Waals surface area contributed by atoms with E-state index in [-0.39, 0.29) is 10.9 Å². The molecule has 0 fully saturated rings. The molecule has 19 heavy (non-hydrogen) atoms. The van der Waals surface area contributed by atoms with Crippen LogP contribution in [-0.2, 0) is 0 Å². The SMILES string of the molecule is CCN=C(Cl)/C(Oc1cc(OC)ccc1Cl)=C(\C)Cl. The van der Waals surface area contributed by atoms with E-state index in [0.29, 0.717) is 28.1 Å². The molecule has 0 saturated heterocycles. The first-order valence-electron chi connectivity index (χ1n) is 5.57. The van der Waals surface area contributed by atoms with Gasteiger partial charge in [0, 0.05) is 12.6 Å². The van der Waals surface area contributed by atoms with Gasteiger partial charge in [0.15, 0.2) is 10.9 Å². The standard InChI is InChI=1S/C13H14Cl3NO2/c1-4-17-13(16)12(8(2)14)19-11-7-9(18-3)5-6-10(11)15/h5-7H,4H2,1-3H3/b12-8-,17-13?. The second-order valence-electron chi connectivity index (χ2n) is 3.53. The van der Waals surface area contributed by atoms with Gasteiger partial charge in [-0.25, -0.2) is 0 Å². The summed E-state index contributed by atoms with van der Waals surface area (Å²) >= 11 is 18.0. The van der Waals surface area contributed by atoms with Crippen LogP contribution in [0, 0.1) is 0 Å². The Kier molecular flexibility index (Phi) is 6.49. The van der Waals surface area contributed by atoms with Crippen LogP contribution >= 0.6 is 34.8 Å². The molecule has 0 heterocycles. The fraction of sp³-hybridized carbons (Fsp3) is 0.308. The van der Waals surface area contributed by atoms with Gasteiger partial charge < -0.3 is 9.47 Å². The molecule has 0 unspecified atom stereocenters. The summed E-state index contributed by atoms with van der Waals surface area (Å²) in [7, 11) is 1.56. The summed E-state index contributed by atoms with van der Waals surface area (Å²) in [6.45, 7) is 4.06. The third kappa shape index (κ3) is 4.60. The van der Waals surface area contributed by atoms with Crippen LogP contribution in [0.15, 0.2) is 34.0 Å². The zero-order valence-electron chi connectivity index (χ0n) is 10.8. The van der Waals surface area contributed by atoms with Gasteiger partial charge in [-0.15, -0.1) is 0 Å². The summed E-state index contributed by atoms with van der Waals surface area (Å²) in [6.07, 6.45) is 0. The lowest BCUT2D eigenvalue weighted by atomic mass is 10.3. The van der Waals surface area contributed by atoms with Gasteiger partial charge in [-0.1, -0.05) is 34.8 Å². The van der Waals surface area contributed by atoms with Crippen molar-refractivity contribution in [3.05, 3.63) is 34.0 Å². The van der Waals surface area contributed by atoms with E-state index in [2.05, 4.69) is 4.99 Å². The molecule has 0 amide bonds. The molecule has 0 aliphatic heterocycles. The van der Waals surface area contributed by atoms with Crippen LogP contribution in [0.1, 0.15) is 13.8 Å². The van der Waals surface area contributed by atoms with Gasteiger partial charge in [-0.2, -0.15) is 0 Å². The highest BCUT2D eigenvalue weighted by molar-refractivity contribution is 6.69. The molecule has 0 radical (unpaired) electrons. The Balaban J connectivity index is 3.11. The van der Waals surface area contributed by atoms with Crippen molar-refractivity contribution in [2.75, 3.05) is 13.7 Å². The summed E-state index contributed by atoms with van der Waals surface area (Å²) in [5, 5.41) is 1.02. The van der Waals surface area contributed by atoms with Gasteiger partial charge in [-0.05, 0) is 26.0 Å². The van der Waals surface area contributed by atoms with Crippen molar-refractivity contribution in [2.24, 2.45) is 4.99 Å². The molecule has 6 heteroatoms. The summed E-state index contributed by atoms with van der Waals surface area (Å²) in [5.41, 5.74) is 0. The molecule has 0 aromatic heterocycles. The zero-order valence-corrected chi connectivity index (χ0v) is 13.1. The zero-order chi connectivity index (χ0) is 14.4. The van der Waals surface area contributed by atoms with Crippen LogP contribution in [-0.4, -0.2) is 18.8 Å². The van der Waals surface area contributed by atoms with Crippen molar-refractivity contribution in [3.63, 3.8) is 0 Å². The van der Waals surface area contributed by atoms with E-state index < -0.39 is 0 Å². The number of ether oxygens (including phenoxy) is 2. The number of aliphatic imine (C=N–C) groups is 1. The normalized spacial score (nSPS) is 13.1. The van der Waals surface area contributed by atoms with Gasteiger partial charge in [0.05, 0.1) is 17.2 Å². The number of hydrogen-bond donors (Lipinski definition) is 0. The minimum Gasteiger partial charge on any atom is -0.497 e. The van der Waals surface area contributed by atoms with E-state index in [1.807, 2.05) is 6.92 Å². The molecular formula is C13H14Cl3NO2. The lowest BCUT2D eigenvalue weighted by molar-refractivity contribution is 0.406. The number of allylic oxidation sites excluding steroid dienone is 2. The maximum Gasteiger partial charge on any atom is 0.178 e. The number of methoxy groups -OCH3 is 1. The Morgan fingerprint density at radius 3 is 2.53 bits per heavy atom. The van der Waals surface area contributed by atoms with Crippen molar-refractivity contribution < 1.29 is 9.47 Å². The fourth-order valence-electron chi connectivity index (χ4n) is 1.26. The van der Waals surface area contributed by atoms with E-state index in [1.54, 1.807) is 32.2 Å². The molecule has 3 nitrogen and oxygen atoms in total. The third-order valence-corrected chi connectivity index (χ3v) is 2.92. The maximum atomic E-state index is 6.05. The average Bonchev–Trinajstić information content (AvgIpc) is 2.37. The van der Waals surface area contributed by atoms with Crippen LogP contribution < -0.4 is 9.47 Å². The Labute approximate surface area is 127 Å². The van der Waals surface area contributed by atoms with Crippen molar-refractivity contribution in [1.29, 1.82) is 0 Å². The van der Waals surface area contributed by atoms with Gasteiger partial charge in [-0.3, -0.25) is 4.99 Å². The molecule has 0 N–H and O–H groups in total. The molecule has 0 spiro atoms. The molecule has 1 aromatic rings. The minimum absolute atomic E-state index is 0.203. The van der Waals surface area contributed by atoms with E-state index in [9.17, 15) is 0 Å². The van der Waals surface area contributed by atoms with Crippen LogP contribution in [0.3, 0.4) is 0 Å². The Hall–Kier alpha value is -0.900. The number of hydrogen-bond acceptors (Lipinski definition) is 3. The van der Waals surface area contributed by atoms with Gasteiger partial charge in [0.1, 0.15) is 11.5 Å². The molecule has 0 aliphatic carbocycles. The molecule has 0 saturated carbocycles. The highest BCUT2D eigenvalue weighted by Crippen LogP contribution is 2.31. The van der Waals surface area contributed by atoms with Crippen LogP contribution in [0.4, 0.5) is 0 Å². The van der Waals surface area contributed by atoms with E-state index >= 15 is 0 Å². The second-order valence-corrected chi connectivity index (χ2v) is 4.86. The molecule has 1 rings (SSSR count). The first kappa shape index (κ1) is 16.2. The predicted molar refractivity (Wildman–Crippen MR) is 81.0 cm³/mol. The molecule has 104 valence electrons. The average molecular weight is 323 g/mol. The number of halogens is 3. The lowest BCUT2D eigenvalue weighted by Crippen LogP contribution is -2.06. The first-order chi connectivity index (χ1) is 8.99. The Bertz CT molecular complexity index is 509. The molecular weight excluding hydrogens is 309 g/mol. The fourth-order valence-corrected chi connectivity index (χ4v) is 1.90. The van der Waals surface area contributed by atoms with E-state index in [4.69, 9.17) is 44.3 Å². The summed E-state index contributed by atoms with van der Waals surface area (Å²) in [4.78, 5) is 4.06. The van der Waals surface area contributed by atoms with Crippen LogP contribution in [0.5, 0.6) is 11.5 Å². The van der Waals surface area contributed by atoms with Crippen LogP contribution in [0.2, 0.25) is 5.02 Å². The highest BCUT2D eigenvalue weighted by Gasteiger charge is 2.13. The maximum absolute atomic E-state index is 6.05. The van der Waals surface area contributed by atoms with Crippen LogP contribution in [0.25, 0.3) is 0 Å². The summed E-state index contributed by atoms with van der Waals surface area (Å²) < 4.78 is 10.7. The Morgan fingerprint density at radius 2 is 2.00 bits per heavy atom. The van der Waals surface area contributed by atoms with Crippen molar-refractivity contribution >= 4 is 40.0 Å². The molecule has 0 bridgehead atoms. The van der Waals surface area contributed by atoms with E-state index in [0.717, 1.165) is 0 Å². The number of benzene rings is 1. The minimum atomic E-state index is 0.203. The van der Waals surface area contributed by atoms with Crippen molar-refractivity contribution in [1.82, 2.24) is 0 Å².